The highest BCUT2D eigenvalue weighted by atomic mass is 16.1. The van der Waals surface area contributed by atoms with Gasteiger partial charge in [-0.25, -0.2) is 0 Å². The van der Waals surface area contributed by atoms with E-state index >= 15 is 0 Å². The molecule has 3 fully saturated rings. The van der Waals surface area contributed by atoms with Crippen molar-refractivity contribution >= 4 is 17.2 Å². The molecule has 6 rings (SSSR count). The summed E-state index contributed by atoms with van der Waals surface area (Å²) in [6.07, 6.45) is 6.61. The SMILES string of the molecule is Nc1cccc2c1C(=O)c1cc(N3CCC4CCC3CC4)ccc1-2. The maximum absolute atomic E-state index is 12.9. The van der Waals surface area contributed by atoms with E-state index in [2.05, 4.69) is 23.1 Å². The van der Waals surface area contributed by atoms with Crippen LogP contribution in [0.25, 0.3) is 11.1 Å². The molecule has 0 unspecified atom stereocenters. The highest BCUT2D eigenvalue weighted by Crippen LogP contribution is 2.42. The Balaban J connectivity index is 1.57. The van der Waals surface area contributed by atoms with E-state index in [9.17, 15) is 4.79 Å². The lowest BCUT2D eigenvalue weighted by Gasteiger charge is -2.33. The second-order valence-corrected chi connectivity index (χ2v) is 7.49. The van der Waals surface area contributed by atoms with Crippen LogP contribution in [-0.2, 0) is 0 Å². The van der Waals surface area contributed by atoms with Crippen LogP contribution in [-0.4, -0.2) is 18.4 Å². The van der Waals surface area contributed by atoms with Crippen LogP contribution >= 0.6 is 0 Å². The molecule has 2 bridgehead atoms. The van der Waals surface area contributed by atoms with Gasteiger partial charge in [0.15, 0.2) is 5.78 Å². The third-order valence-corrected chi connectivity index (χ3v) is 6.23. The molecule has 3 nitrogen and oxygen atoms in total. The summed E-state index contributed by atoms with van der Waals surface area (Å²) in [6, 6.07) is 12.8. The normalized spacial score (nSPS) is 24.7. The molecule has 24 heavy (non-hydrogen) atoms. The molecule has 2 saturated heterocycles. The molecule has 0 amide bonds. The van der Waals surface area contributed by atoms with E-state index in [0.717, 1.165) is 29.2 Å². The summed E-state index contributed by atoms with van der Waals surface area (Å²) in [6.45, 7) is 1.12. The quantitative estimate of drug-likeness (QED) is 0.682. The number of nitrogens with zero attached hydrogens (tertiary/aromatic N) is 1. The molecule has 2 aliphatic heterocycles. The smallest absolute Gasteiger partial charge is 0.196 e. The predicted octanol–water partition coefficient (Wildman–Crippen LogP) is 4.25. The van der Waals surface area contributed by atoms with E-state index in [1.54, 1.807) is 0 Å². The number of hydrogen-bond acceptors (Lipinski definition) is 3. The minimum Gasteiger partial charge on any atom is -0.398 e. The van der Waals surface area contributed by atoms with Gasteiger partial charge in [-0.1, -0.05) is 18.2 Å². The van der Waals surface area contributed by atoms with Gasteiger partial charge in [0.1, 0.15) is 0 Å². The van der Waals surface area contributed by atoms with Crippen LogP contribution in [0.3, 0.4) is 0 Å². The van der Waals surface area contributed by atoms with Crippen molar-refractivity contribution in [2.45, 2.75) is 38.1 Å². The Hall–Kier alpha value is -2.29. The monoisotopic (exact) mass is 318 g/mol. The third-order valence-electron chi connectivity index (χ3n) is 6.23. The van der Waals surface area contributed by atoms with Crippen LogP contribution in [0.1, 0.15) is 48.0 Å². The number of anilines is 2. The minimum atomic E-state index is 0.0825. The highest BCUT2D eigenvalue weighted by Gasteiger charge is 2.33. The largest absolute Gasteiger partial charge is 0.398 e. The van der Waals surface area contributed by atoms with Gasteiger partial charge in [-0.05, 0) is 67.3 Å². The fourth-order valence-electron chi connectivity index (χ4n) is 4.91. The number of fused-ring (bicyclic) bond motifs is 7. The average Bonchev–Trinajstić information content (AvgIpc) is 2.78. The Labute approximate surface area is 142 Å². The summed E-state index contributed by atoms with van der Waals surface area (Å²) in [5.41, 5.74) is 11.4. The number of carbonyl (C=O) groups excluding carboxylic acids is 1. The third kappa shape index (κ3) is 1.94. The molecule has 1 saturated carbocycles. The second kappa shape index (κ2) is 5.10. The van der Waals surface area contributed by atoms with Gasteiger partial charge in [0, 0.05) is 29.5 Å². The molecule has 2 aliphatic carbocycles. The molecule has 122 valence electrons. The van der Waals surface area contributed by atoms with Crippen LogP contribution in [0.4, 0.5) is 11.4 Å². The molecular formula is C21H22N2O. The number of ketones is 1. The van der Waals surface area contributed by atoms with Crippen molar-refractivity contribution in [2.24, 2.45) is 5.92 Å². The van der Waals surface area contributed by atoms with Crippen LogP contribution in [0, 0.1) is 5.92 Å². The summed E-state index contributed by atoms with van der Waals surface area (Å²) >= 11 is 0. The lowest BCUT2D eigenvalue weighted by Crippen LogP contribution is -2.34. The molecule has 0 spiro atoms. The topological polar surface area (TPSA) is 46.3 Å². The van der Waals surface area contributed by atoms with Gasteiger partial charge >= 0.3 is 0 Å². The first-order chi connectivity index (χ1) is 11.7. The first kappa shape index (κ1) is 14.1. The van der Waals surface area contributed by atoms with Crippen molar-refractivity contribution < 1.29 is 4.79 Å². The van der Waals surface area contributed by atoms with Gasteiger partial charge < -0.3 is 10.6 Å². The first-order valence-electron chi connectivity index (χ1n) is 9.06. The molecule has 3 heteroatoms. The Morgan fingerprint density at radius 3 is 2.58 bits per heavy atom. The predicted molar refractivity (Wildman–Crippen MR) is 97.4 cm³/mol. The van der Waals surface area contributed by atoms with Gasteiger partial charge in [0.05, 0.1) is 5.56 Å². The van der Waals surface area contributed by atoms with E-state index in [1.807, 2.05) is 18.2 Å². The van der Waals surface area contributed by atoms with Gasteiger partial charge in [-0.2, -0.15) is 0 Å². The zero-order valence-corrected chi connectivity index (χ0v) is 13.8. The number of nitrogen functional groups attached to an aromatic ring is 1. The van der Waals surface area contributed by atoms with Crippen LogP contribution in [0.15, 0.2) is 36.4 Å². The fraction of sp³-hybridized carbons (Fsp3) is 0.381. The lowest BCUT2D eigenvalue weighted by molar-refractivity contribution is 0.104. The van der Waals surface area contributed by atoms with Crippen molar-refractivity contribution in [2.75, 3.05) is 17.2 Å². The zero-order chi connectivity index (χ0) is 16.3. The summed E-state index contributed by atoms with van der Waals surface area (Å²) in [4.78, 5) is 15.4. The van der Waals surface area contributed by atoms with Gasteiger partial charge in [0.2, 0.25) is 0 Å². The Morgan fingerprint density at radius 2 is 1.75 bits per heavy atom. The molecule has 0 aromatic heterocycles. The molecule has 2 heterocycles. The van der Waals surface area contributed by atoms with E-state index in [4.69, 9.17) is 5.73 Å². The maximum atomic E-state index is 12.9. The molecular weight excluding hydrogens is 296 g/mol. The zero-order valence-electron chi connectivity index (χ0n) is 13.8. The summed E-state index contributed by atoms with van der Waals surface area (Å²) in [5, 5.41) is 0. The van der Waals surface area contributed by atoms with Crippen molar-refractivity contribution in [3.8, 4) is 11.1 Å². The summed E-state index contributed by atoms with van der Waals surface area (Å²) < 4.78 is 0. The first-order valence-corrected chi connectivity index (χ1v) is 9.06. The molecule has 2 aromatic carbocycles. The lowest BCUT2D eigenvalue weighted by atomic mass is 9.86. The fourth-order valence-corrected chi connectivity index (χ4v) is 4.91. The van der Waals surface area contributed by atoms with Gasteiger partial charge in [0.25, 0.3) is 0 Å². The Bertz CT molecular complexity index is 834. The van der Waals surface area contributed by atoms with E-state index < -0.39 is 0 Å². The van der Waals surface area contributed by atoms with E-state index in [0.29, 0.717) is 17.3 Å². The number of hydrogen-bond donors (Lipinski definition) is 1. The molecule has 0 radical (unpaired) electrons. The number of benzene rings is 2. The standard InChI is InChI=1S/C21H22N2O/c22-19-3-1-2-17-16-9-8-15(12-18(16)21(24)20(17)19)23-11-10-13-4-6-14(23)7-5-13/h1-3,8-9,12-14H,4-7,10-11,22H2. The average molecular weight is 318 g/mol. The van der Waals surface area contributed by atoms with Gasteiger partial charge in [-0.15, -0.1) is 0 Å². The van der Waals surface area contributed by atoms with Crippen molar-refractivity contribution in [1.29, 1.82) is 0 Å². The summed E-state index contributed by atoms with van der Waals surface area (Å²) in [7, 11) is 0. The Morgan fingerprint density at radius 1 is 0.917 bits per heavy atom. The van der Waals surface area contributed by atoms with Crippen LogP contribution < -0.4 is 10.6 Å². The number of carbonyl (C=O) groups is 1. The number of nitrogens with two attached hydrogens (primary N) is 1. The maximum Gasteiger partial charge on any atom is 0.196 e. The molecule has 4 aliphatic rings. The van der Waals surface area contributed by atoms with Crippen molar-refractivity contribution in [3.05, 3.63) is 47.5 Å². The van der Waals surface area contributed by atoms with E-state index in [-0.39, 0.29) is 5.78 Å². The molecule has 0 atom stereocenters. The van der Waals surface area contributed by atoms with Crippen molar-refractivity contribution in [1.82, 2.24) is 0 Å². The van der Waals surface area contributed by atoms with Crippen LogP contribution in [0.5, 0.6) is 0 Å². The van der Waals surface area contributed by atoms with Crippen molar-refractivity contribution in [3.63, 3.8) is 0 Å². The van der Waals surface area contributed by atoms with E-state index in [1.165, 1.54) is 37.8 Å². The van der Waals surface area contributed by atoms with Gasteiger partial charge in [-0.3, -0.25) is 4.79 Å². The number of rotatable bonds is 1. The highest BCUT2D eigenvalue weighted by molar-refractivity contribution is 6.24. The summed E-state index contributed by atoms with van der Waals surface area (Å²) in [5.74, 6) is 0.991. The second-order valence-electron chi connectivity index (χ2n) is 7.49. The molecule has 2 aromatic rings. The minimum absolute atomic E-state index is 0.0825. The van der Waals surface area contributed by atoms with Crippen LogP contribution in [0.2, 0.25) is 0 Å². The molecule has 2 N–H and O–H groups in total. The Kier molecular flexibility index (Phi) is 2.99.